The largest absolute Gasteiger partial charge is 0.472 e. The maximum Gasteiger partial charge on any atom is 0.0935 e. The number of benzene rings is 1. The minimum atomic E-state index is 0.277. The van der Waals surface area contributed by atoms with E-state index in [1.807, 2.05) is 12.1 Å². The Morgan fingerprint density at radius 3 is 2.78 bits per heavy atom. The van der Waals surface area contributed by atoms with E-state index in [0.717, 1.165) is 21.9 Å². The van der Waals surface area contributed by atoms with Crippen molar-refractivity contribution >= 4 is 31.9 Å². The van der Waals surface area contributed by atoms with E-state index in [-0.39, 0.29) is 6.04 Å². The van der Waals surface area contributed by atoms with Crippen LogP contribution >= 0.6 is 31.9 Å². The summed E-state index contributed by atoms with van der Waals surface area (Å²) >= 11 is 7.15. The number of furan rings is 1. The van der Waals surface area contributed by atoms with Crippen LogP contribution in [0.25, 0.3) is 0 Å². The van der Waals surface area contributed by atoms with Crippen molar-refractivity contribution in [3.63, 3.8) is 0 Å². The van der Waals surface area contributed by atoms with Crippen LogP contribution in [0.3, 0.4) is 0 Å². The molecule has 0 radical (unpaired) electrons. The van der Waals surface area contributed by atoms with Crippen LogP contribution < -0.4 is 5.32 Å². The van der Waals surface area contributed by atoms with Crippen LogP contribution in [0.5, 0.6) is 0 Å². The van der Waals surface area contributed by atoms with Crippen molar-refractivity contribution in [2.24, 2.45) is 0 Å². The molecule has 0 aliphatic carbocycles. The van der Waals surface area contributed by atoms with Gasteiger partial charge in [0.1, 0.15) is 0 Å². The Balaban J connectivity index is 2.26. The molecule has 0 aliphatic heterocycles. The molecule has 1 heterocycles. The van der Waals surface area contributed by atoms with Crippen molar-refractivity contribution in [2.45, 2.75) is 19.4 Å². The fraction of sp³-hybridized carbons (Fsp3) is 0.286. The molecule has 0 bridgehead atoms. The van der Waals surface area contributed by atoms with Crippen LogP contribution in [0.1, 0.15) is 24.1 Å². The maximum absolute atomic E-state index is 5.13. The highest BCUT2D eigenvalue weighted by Crippen LogP contribution is 2.29. The van der Waals surface area contributed by atoms with Gasteiger partial charge < -0.3 is 9.73 Å². The second-order valence-electron chi connectivity index (χ2n) is 4.11. The molecule has 18 heavy (non-hydrogen) atoms. The highest BCUT2D eigenvalue weighted by molar-refractivity contribution is 9.11. The lowest BCUT2D eigenvalue weighted by Gasteiger charge is -2.19. The zero-order chi connectivity index (χ0) is 13.0. The van der Waals surface area contributed by atoms with Gasteiger partial charge in [-0.15, -0.1) is 0 Å². The van der Waals surface area contributed by atoms with Gasteiger partial charge in [0, 0.05) is 15.0 Å². The lowest BCUT2D eigenvalue weighted by atomic mass is 10.0. The van der Waals surface area contributed by atoms with Crippen LogP contribution in [0.4, 0.5) is 0 Å². The Bertz CT molecular complexity index is 497. The fourth-order valence-corrected chi connectivity index (χ4v) is 2.87. The SMILES string of the molecule is CCNC(Cc1ccoc1)c1cc(Br)ccc1Br. The van der Waals surface area contributed by atoms with E-state index in [0.29, 0.717) is 0 Å². The summed E-state index contributed by atoms with van der Waals surface area (Å²) in [5.74, 6) is 0. The lowest BCUT2D eigenvalue weighted by molar-refractivity contribution is 0.533. The lowest BCUT2D eigenvalue weighted by Crippen LogP contribution is -2.23. The normalized spacial score (nSPS) is 12.6. The van der Waals surface area contributed by atoms with Crippen LogP contribution in [-0.4, -0.2) is 6.54 Å². The van der Waals surface area contributed by atoms with E-state index >= 15 is 0 Å². The van der Waals surface area contributed by atoms with Gasteiger partial charge in [-0.25, -0.2) is 0 Å². The van der Waals surface area contributed by atoms with Crippen molar-refractivity contribution in [3.05, 3.63) is 56.9 Å². The summed E-state index contributed by atoms with van der Waals surface area (Å²) in [4.78, 5) is 0. The molecular weight excluding hydrogens is 358 g/mol. The Morgan fingerprint density at radius 1 is 1.28 bits per heavy atom. The zero-order valence-electron chi connectivity index (χ0n) is 10.1. The summed E-state index contributed by atoms with van der Waals surface area (Å²) < 4.78 is 7.35. The quantitative estimate of drug-likeness (QED) is 0.822. The Morgan fingerprint density at radius 2 is 2.11 bits per heavy atom. The molecule has 0 aliphatic rings. The predicted octanol–water partition coefficient (Wildman–Crippen LogP) is 4.70. The van der Waals surface area contributed by atoms with Crippen LogP contribution in [-0.2, 0) is 6.42 Å². The van der Waals surface area contributed by atoms with Crippen LogP contribution in [0.15, 0.2) is 50.2 Å². The Labute approximate surface area is 124 Å². The van der Waals surface area contributed by atoms with Gasteiger partial charge in [0.25, 0.3) is 0 Å². The summed E-state index contributed by atoms with van der Waals surface area (Å²) in [6.45, 7) is 3.05. The number of likely N-dealkylation sites (N-methyl/N-ethyl adjacent to an activating group) is 1. The standard InChI is InChI=1S/C14H15Br2NO/c1-2-17-14(7-10-5-6-18-9-10)12-8-11(15)3-4-13(12)16/h3-6,8-9,14,17H,2,7H2,1H3. The first-order valence-corrected chi connectivity index (χ1v) is 7.48. The number of halogens is 2. The molecule has 2 rings (SSSR count). The van der Waals surface area contributed by atoms with Gasteiger partial charge in [0.15, 0.2) is 0 Å². The van der Waals surface area contributed by atoms with Gasteiger partial charge in [-0.05, 0) is 48.4 Å². The third-order valence-corrected chi connectivity index (χ3v) is 4.02. The molecule has 2 nitrogen and oxygen atoms in total. The van der Waals surface area contributed by atoms with Gasteiger partial charge in [-0.2, -0.15) is 0 Å². The number of rotatable bonds is 5. The van der Waals surface area contributed by atoms with Crippen LogP contribution in [0, 0.1) is 0 Å². The average molecular weight is 373 g/mol. The smallest absolute Gasteiger partial charge is 0.0935 e. The van der Waals surface area contributed by atoms with Gasteiger partial charge in [0.2, 0.25) is 0 Å². The number of hydrogen-bond acceptors (Lipinski definition) is 2. The second-order valence-corrected chi connectivity index (χ2v) is 5.88. The third kappa shape index (κ3) is 3.46. The van der Waals surface area contributed by atoms with Crippen LogP contribution in [0.2, 0.25) is 0 Å². The monoisotopic (exact) mass is 371 g/mol. The van der Waals surface area contributed by atoms with Crippen molar-refractivity contribution in [1.29, 1.82) is 0 Å². The number of nitrogens with one attached hydrogen (secondary N) is 1. The van der Waals surface area contributed by atoms with Gasteiger partial charge in [-0.3, -0.25) is 0 Å². The molecule has 1 atom stereocenters. The first kappa shape index (κ1) is 13.8. The molecule has 1 aromatic carbocycles. The molecule has 1 aromatic heterocycles. The first-order chi connectivity index (χ1) is 8.70. The minimum absolute atomic E-state index is 0.277. The minimum Gasteiger partial charge on any atom is -0.472 e. The summed E-state index contributed by atoms with van der Waals surface area (Å²) in [5, 5.41) is 3.51. The molecule has 0 spiro atoms. The van der Waals surface area contributed by atoms with Crippen molar-refractivity contribution in [3.8, 4) is 0 Å². The van der Waals surface area contributed by atoms with E-state index in [9.17, 15) is 0 Å². The fourth-order valence-electron chi connectivity index (χ4n) is 1.96. The topological polar surface area (TPSA) is 25.2 Å². The summed E-state index contributed by atoms with van der Waals surface area (Å²) in [6, 6.07) is 8.54. The van der Waals surface area contributed by atoms with E-state index in [2.05, 4.69) is 56.2 Å². The van der Waals surface area contributed by atoms with E-state index in [1.165, 1.54) is 11.1 Å². The van der Waals surface area contributed by atoms with Gasteiger partial charge in [-0.1, -0.05) is 38.8 Å². The Hall–Kier alpha value is -0.580. The Kier molecular flexibility index (Phi) is 5.03. The molecule has 0 amide bonds. The molecule has 0 saturated heterocycles. The average Bonchev–Trinajstić information content (AvgIpc) is 2.85. The number of hydrogen-bond donors (Lipinski definition) is 1. The summed E-state index contributed by atoms with van der Waals surface area (Å²) in [7, 11) is 0. The maximum atomic E-state index is 5.13. The highest BCUT2D eigenvalue weighted by atomic mass is 79.9. The predicted molar refractivity (Wildman–Crippen MR) is 80.7 cm³/mol. The molecular formula is C14H15Br2NO. The van der Waals surface area contributed by atoms with E-state index in [1.54, 1.807) is 12.5 Å². The third-order valence-electron chi connectivity index (χ3n) is 2.80. The molecule has 96 valence electrons. The van der Waals surface area contributed by atoms with E-state index < -0.39 is 0 Å². The second kappa shape index (κ2) is 6.55. The van der Waals surface area contributed by atoms with Crippen molar-refractivity contribution < 1.29 is 4.42 Å². The van der Waals surface area contributed by atoms with Crippen molar-refractivity contribution in [1.82, 2.24) is 5.32 Å². The van der Waals surface area contributed by atoms with Gasteiger partial charge in [0.05, 0.1) is 12.5 Å². The van der Waals surface area contributed by atoms with Crippen molar-refractivity contribution in [2.75, 3.05) is 6.54 Å². The molecule has 0 saturated carbocycles. The molecule has 2 aromatic rings. The molecule has 4 heteroatoms. The van der Waals surface area contributed by atoms with E-state index in [4.69, 9.17) is 4.42 Å². The summed E-state index contributed by atoms with van der Waals surface area (Å²) in [6.07, 6.45) is 4.43. The highest BCUT2D eigenvalue weighted by Gasteiger charge is 2.15. The molecule has 1 unspecified atom stereocenters. The molecule has 0 fully saturated rings. The molecule has 1 N–H and O–H groups in total. The first-order valence-electron chi connectivity index (χ1n) is 5.90. The summed E-state index contributed by atoms with van der Waals surface area (Å²) in [5.41, 5.74) is 2.46. The zero-order valence-corrected chi connectivity index (χ0v) is 13.3. The van der Waals surface area contributed by atoms with Gasteiger partial charge >= 0.3 is 0 Å².